The van der Waals surface area contributed by atoms with Gasteiger partial charge in [-0.15, -0.1) is 0 Å². The smallest absolute Gasteiger partial charge is 0.241 e. The molecule has 190 valence electrons. The third-order valence-electron chi connectivity index (χ3n) is 7.61. The number of primary amides is 2. The molecule has 1 aromatic rings. The number of nitrogens with zero attached hydrogens (tertiary/aromatic N) is 1. The number of fused-ring (bicyclic) bond motifs is 3. The number of ketones is 4. The van der Waals surface area contributed by atoms with Crippen LogP contribution in [0.1, 0.15) is 27.9 Å². The van der Waals surface area contributed by atoms with Crippen molar-refractivity contribution in [2.75, 3.05) is 21.2 Å². The van der Waals surface area contributed by atoms with E-state index in [4.69, 9.17) is 16.2 Å². The van der Waals surface area contributed by atoms with Gasteiger partial charge in [0.15, 0.2) is 34.7 Å². The maximum atomic E-state index is 13.8. The lowest BCUT2D eigenvalue weighted by molar-refractivity contribution is -0.181. The van der Waals surface area contributed by atoms with Crippen LogP contribution in [0.15, 0.2) is 18.2 Å². The van der Waals surface area contributed by atoms with E-state index in [-0.39, 0.29) is 24.2 Å². The zero-order valence-corrected chi connectivity index (χ0v) is 20.0. The van der Waals surface area contributed by atoms with Gasteiger partial charge in [-0.05, 0) is 56.1 Å². The summed E-state index contributed by atoms with van der Waals surface area (Å²) in [6, 6.07) is 2.02. The van der Waals surface area contributed by atoms with Crippen LogP contribution in [0.2, 0.25) is 0 Å². The lowest BCUT2D eigenvalue weighted by Crippen LogP contribution is -2.74. The molecule has 0 radical (unpaired) electrons. The molecule has 1 aromatic carbocycles. The Morgan fingerprint density at radius 3 is 2.36 bits per heavy atom. The van der Waals surface area contributed by atoms with Crippen molar-refractivity contribution in [3.8, 4) is 5.75 Å². The highest BCUT2D eigenvalue weighted by Gasteiger charge is 2.69. The average molecular weight is 498 g/mol. The van der Waals surface area contributed by atoms with Gasteiger partial charge in [0.1, 0.15) is 5.75 Å². The maximum absolute atomic E-state index is 13.8. The number of likely N-dealkylation sites (N-methyl/N-ethyl adjacent to an activating group) is 1. The maximum Gasteiger partial charge on any atom is 0.241 e. The van der Waals surface area contributed by atoms with Crippen molar-refractivity contribution in [1.82, 2.24) is 4.90 Å². The number of benzene rings is 1. The Balaban J connectivity index is 1.88. The molecule has 0 spiro atoms. The van der Waals surface area contributed by atoms with Gasteiger partial charge in [0.05, 0.1) is 24.6 Å². The van der Waals surface area contributed by atoms with Crippen LogP contribution in [-0.2, 0) is 30.4 Å². The summed E-state index contributed by atoms with van der Waals surface area (Å²) >= 11 is 0. The normalized spacial score (nSPS) is 31.8. The van der Waals surface area contributed by atoms with Gasteiger partial charge in [-0.25, -0.2) is 0 Å². The van der Waals surface area contributed by atoms with Gasteiger partial charge in [0.2, 0.25) is 11.8 Å². The molecule has 5 N–H and O–H groups in total. The molecule has 0 aromatic heterocycles. The van der Waals surface area contributed by atoms with Gasteiger partial charge in [-0.2, -0.15) is 0 Å². The van der Waals surface area contributed by atoms with Crippen molar-refractivity contribution in [3.63, 3.8) is 0 Å². The molecular weight excluding hydrogens is 470 g/mol. The van der Waals surface area contributed by atoms with E-state index in [2.05, 4.69) is 0 Å². The number of methoxy groups -OCH3 is 1. The van der Waals surface area contributed by atoms with Crippen molar-refractivity contribution in [2.45, 2.75) is 24.5 Å². The number of hydrogen-bond donors (Lipinski definition) is 3. The Morgan fingerprint density at radius 2 is 1.81 bits per heavy atom. The molecule has 0 bridgehead atoms. The van der Waals surface area contributed by atoms with Crippen molar-refractivity contribution in [2.24, 2.45) is 35.1 Å². The molecule has 36 heavy (non-hydrogen) atoms. The minimum Gasteiger partial charge on any atom is -0.496 e. The van der Waals surface area contributed by atoms with Gasteiger partial charge in [0, 0.05) is 12.0 Å². The van der Waals surface area contributed by atoms with E-state index in [1.165, 1.54) is 38.2 Å². The van der Waals surface area contributed by atoms with E-state index >= 15 is 0 Å². The molecule has 3 aliphatic carbocycles. The largest absolute Gasteiger partial charge is 0.496 e. The molecule has 3 aliphatic rings. The summed E-state index contributed by atoms with van der Waals surface area (Å²) in [6.07, 6.45) is 2.78. The van der Waals surface area contributed by atoms with Crippen LogP contribution >= 0.6 is 0 Å². The highest BCUT2D eigenvalue weighted by atomic mass is 16.5. The van der Waals surface area contributed by atoms with Crippen LogP contribution in [0, 0.1) is 23.7 Å². The number of amides is 2. The van der Waals surface area contributed by atoms with E-state index in [9.17, 15) is 33.9 Å². The van der Waals surface area contributed by atoms with E-state index in [0.717, 1.165) is 6.08 Å². The van der Waals surface area contributed by atoms with Crippen LogP contribution in [-0.4, -0.2) is 77.8 Å². The first-order valence-electron chi connectivity index (χ1n) is 11.4. The van der Waals surface area contributed by atoms with Crippen LogP contribution < -0.4 is 16.2 Å². The predicted molar refractivity (Wildman–Crippen MR) is 124 cm³/mol. The van der Waals surface area contributed by atoms with Crippen molar-refractivity contribution >= 4 is 41.0 Å². The Bertz CT molecular complexity index is 1250. The molecule has 0 heterocycles. The molecule has 11 nitrogen and oxygen atoms in total. The molecule has 2 unspecified atom stereocenters. The zero-order chi connectivity index (χ0) is 26.7. The number of carbonyl (C=O) groups is 6. The molecule has 2 fully saturated rings. The molecule has 0 saturated heterocycles. The van der Waals surface area contributed by atoms with E-state index in [1.54, 1.807) is 6.07 Å². The molecule has 4 rings (SSSR count). The third-order valence-corrected chi connectivity index (χ3v) is 7.61. The second kappa shape index (κ2) is 8.75. The summed E-state index contributed by atoms with van der Waals surface area (Å²) in [5, 5.41) is 11.6. The Labute approximate surface area is 206 Å². The van der Waals surface area contributed by atoms with Gasteiger partial charge >= 0.3 is 0 Å². The lowest BCUT2D eigenvalue weighted by Gasteiger charge is -2.52. The van der Waals surface area contributed by atoms with Crippen molar-refractivity contribution in [3.05, 3.63) is 34.9 Å². The monoisotopic (exact) mass is 497 g/mol. The van der Waals surface area contributed by atoms with E-state index in [1.807, 2.05) is 0 Å². The number of ether oxygens (including phenoxy) is 1. The number of Topliss-reactive ketones (excluding diaryl/α,β-unsaturated/α-hetero) is 4. The van der Waals surface area contributed by atoms with Crippen LogP contribution in [0.25, 0.3) is 6.08 Å². The topological polar surface area (TPSA) is 187 Å². The second-order valence-corrected chi connectivity index (χ2v) is 9.74. The Hall–Kier alpha value is -3.70. The van der Waals surface area contributed by atoms with Gasteiger partial charge in [-0.1, -0.05) is 6.07 Å². The van der Waals surface area contributed by atoms with E-state index < -0.39 is 70.3 Å². The van der Waals surface area contributed by atoms with Gasteiger partial charge < -0.3 is 21.3 Å². The van der Waals surface area contributed by atoms with Gasteiger partial charge in [0.25, 0.3) is 0 Å². The number of nitrogens with two attached hydrogens (primary N) is 2. The molecule has 6 atom stereocenters. The zero-order valence-electron chi connectivity index (χ0n) is 20.0. The summed E-state index contributed by atoms with van der Waals surface area (Å²) in [7, 11) is 4.42. The number of aliphatic hydroxyl groups is 1. The van der Waals surface area contributed by atoms with Crippen LogP contribution in [0.5, 0.6) is 5.75 Å². The Morgan fingerprint density at radius 1 is 1.14 bits per heavy atom. The molecule has 2 amide bonds. The van der Waals surface area contributed by atoms with E-state index in [0.29, 0.717) is 11.1 Å². The summed E-state index contributed by atoms with van der Waals surface area (Å²) in [4.78, 5) is 78.7. The van der Waals surface area contributed by atoms with Crippen LogP contribution in [0.4, 0.5) is 0 Å². The molecule has 11 heteroatoms. The lowest BCUT2D eigenvalue weighted by atomic mass is 9.52. The third kappa shape index (κ3) is 3.49. The first kappa shape index (κ1) is 25.4. The number of hydrogen-bond acceptors (Lipinski definition) is 9. The standard InChI is InChI=1S/C25H27N3O8/c1-28(2)19-13-9-11-8-12-10(5-7-15(26)29)4-6-14(36-3)17(12)20(30)16(11)22(32)25(13,35)23(33)18(21(19)31)24(27)34/h4-7,11,13,16,18-19,35H,8-9H2,1-3H3,(H2,26,29)(H2,27,34)/t11-,13-,16?,18?,19-,25-/m0/s1. The second-order valence-electron chi connectivity index (χ2n) is 9.74. The van der Waals surface area contributed by atoms with Gasteiger partial charge in [-0.3, -0.25) is 33.7 Å². The summed E-state index contributed by atoms with van der Waals surface area (Å²) in [5.41, 5.74) is 8.98. The first-order chi connectivity index (χ1) is 16.9. The summed E-state index contributed by atoms with van der Waals surface area (Å²) in [6.45, 7) is 0. The minimum atomic E-state index is -2.73. The Kier molecular flexibility index (Phi) is 6.17. The fraction of sp³-hybridized carbons (Fsp3) is 0.440. The van der Waals surface area contributed by atoms with Crippen molar-refractivity contribution < 1.29 is 38.6 Å². The average Bonchev–Trinajstić information content (AvgIpc) is 2.79. The fourth-order valence-electron chi connectivity index (χ4n) is 6.11. The van der Waals surface area contributed by atoms with Crippen LogP contribution in [0.3, 0.4) is 0 Å². The predicted octanol–water partition coefficient (Wildman–Crippen LogP) is -1.33. The summed E-state index contributed by atoms with van der Waals surface area (Å²) in [5.74, 6) is -10.7. The molecule has 0 aliphatic heterocycles. The van der Waals surface area contributed by atoms with Crippen molar-refractivity contribution in [1.29, 1.82) is 0 Å². The molecule has 2 saturated carbocycles. The summed E-state index contributed by atoms with van der Waals surface area (Å²) < 4.78 is 5.35. The minimum absolute atomic E-state index is 0.0138. The first-order valence-corrected chi connectivity index (χ1v) is 11.4. The quantitative estimate of drug-likeness (QED) is 0.327. The SMILES string of the molecule is COc1ccc(C=CC(N)=O)c2c1C(=O)C1C(=O)[C@]3(O)C(=O)C(C(N)=O)C(=O)[C@@H](N(C)C)[C@@H]3C[C@@H]1C2. The highest BCUT2D eigenvalue weighted by molar-refractivity contribution is 6.32. The number of carbonyl (C=O) groups excluding carboxylic acids is 6. The fourth-order valence-corrected chi connectivity index (χ4v) is 6.11. The highest BCUT2D eigenvalue weighted by Crippen LogP contribution is 2.51. The number of rotatable bonds is 5. The molecular formula is C25H27N3O8.